The van der Waals surface area contributed by atoms with Gasteiger partial charge in [0.25, 0.3) is 0 Å². The Kier molecular flexibility index (Phi) is 5.81. The Morgan fingerprint density at radius 2 is 1.33 bits per heavy atom. The molecule has 0 N–H and O–H groups in total. The van der Waals surface area contributed by atoms with Crippen molar-refractivity contribution in [3.8, 4) is 0 Å². The van der Waals surface area contributed by atoms with Crippen molar-refractivity contribution in [2.45, 2.75) is 78.6 Å². The molecule has 0 fully saturated rings. The van der Waals surface area contributed by atoms with E-state index in [1.54, 1.807) is 0 Å². The monoisotopic (exact) mass is 308 g/mol. The highest BCUT2D eigenvalue weighted by Gasteiger charge is 2.50. The van der Waals surface area contributed by atoms with Crippen LogP contribution in [0.25, 0.3) is 0 Å². The van der Waals surface area contributed by atoms with Crippen LogP contribution in [0.2, 0.25) is 5.54 Å². The van der Waals surface area contributed by atoms with Crippen molar-refractivity contribution in [3.05, 3.63) is 30.3 Å². The fraction of sp³-hybridized carbons (Fsp3) is 0.667. The predicted octanol–water partition coefficient (Wildman–Crippen LogP) is 4.77. The van der Waals surface area contributed by atoms with Gasteiger partial charge in [0.1, 0.15) is 0 Å². The Morgan fingerprint density at radius 3 is 1.67 bits per heavy atom. The Morgan fingerprint density at radius 1 is 0.905 bits per heavy atom. The lowest BCUT2D eigenvalue weighted by molar-refractivity contribution is 0.0171. The summed E-state index contributed by atoms with van der Waals surface area (Å²) in [7, 11) is -2.55. The van der Waals surface area contributed by atoms with Crippen LogP contribution >= 0.6 is 0 Å². The van der Waals surface area contributed by atoms with Crippen LogP contribution in [-0.4, -0.2) is 19.8 Å². The number of hydrogen-bond donors (Lipinski definition) is 0. The zero-order valence-corrected chi connectivity index (χ0v) is 16.0. The lowest BCUT2D eigenvalue weighted by atomic mass is 10.2. The molecule has 0 saturated carbocycles. The van der Waals surface area contributed by atoms with Crippen LogP contribution in [-0.2, 0) is 8.85 Å². The smallest absolute Gasteiger partial charge is 0.376 e. The molecule has 1 rings (SSSR count). The Balaban J connectivity index is 3.41. The summed E-state index contributed by atoms with van der Waals surface area (Å²) in [5.41, 5.74) is -0.0635. The van der Waals surface area contributed by atoms with Gasteiger partial charge in [-0.05, 0) is 46.7 Å². The van der Waals surface area contributed by atoms with Crippen molar-refractivity contribution >= 4 is 13.7 Å². The Labute approximate surface area is 132 Å². The molecule has 21 heavy (non-hydrogen) atoms. The molecular weight excluding hydrogens is 276 g/mol. The minimum Gasteiger partial charge on any atom is -0.386 e. The average Bonchev–Trinajstić information content (AvgIpc) is 2.34. The first-order valence-electron chi connectivity index (χ1n) is 7.96. The van der Waals surface area contributed by atoms with Crippen molar-refractivity contribution < 1.29 is 8.85 Å². The van der Waals surface area contributed by atoms with Gasteiger partial charge in [-0.25, -0.2) is 0 Å². The third-order valence-electron chi connectivity index (χ3n) is 3.35. The number of rotatable bonds is 5. The van der Waals surface area contributed by atoms with Crippen molar-refractivity contribution in [1.29, 1.82) is 0 Å². The maximum absolute atomic E-state index is 6.66. The van der Waals surface area contributed by atoms with Gasteiger partial charge in [0, 0.05) is 5.54 Å². The van der Waals surface area contributed by atoms with Crippen LogP contribution < -0.4 is 5.19 Å². The SMILES string of the molecule is CCC(C)[Si](OC(C)(C)C)(OC(C)(C)C)c1ccccc1. The Hall–Kier alpha value is -0.643. The summed E-state index contributed by atoms with van der Waals surface area (Å²) >= 11 is 0. The van der Waals surface area contributed by atoms with Crippen molar-refractivity contribution in [1.82, 2.24) is 0 Å². The summed E-state index contributed by atoms with van der Waals surface area (Å²) < 4.78 is 13.3. The summed E-state index contributed by atoms with van der Waals surface area (Å²) in [5, 5.41) is 1.23. The van der Waals surface area contributed by atoms with Crippen LogP contribution in [0.3, 0.4) is 0 Å². The molecule has 3 heteroatoms. The van der Waals surface area contributed by atoms with E-state index in [1.165, 1.54) is 5.19 Å². The van der Waals surface area contributed by atoms with Gasteiger partial charge in [-0.15, -0.1) is 0 Å². The second-order valence-electron chi connectivity index (χ2n) is 7.77. The lowest BCUT2D eigenvalue weighted by Crippen LogP contribution is -2.62. The van der Waals surface area contributed by atoms with E-state index in [-0.39, 0.29) is 11.2 Å². The van der Waals surface area contributed by atoms with E-state index in [2.05, 4.69) is 79.7 Å². The quantitative estimate of drug-likeness (QED) is 0.730. The first-order chi connectivity index (χ1) is 9.50. The molecule has 0 heterocycles. The molecule has 1 unspecified atom stereocenters. The van der Waals surface area contributed by atoms with Crippen molar-refractivity contribution in [2.24, 2.45) is 0 Å². The van der Waals surface area contributed by atoms with E-state index in [9.17, 15) is 0 Å². The molecule has 0 aliphatic rings. The molecule has 0 amide bonds. The highest BCUT2D eigenvalue weighted by atomic mass is 28.4. The van der Waals surface area contributed by atoms with E-state index in [0.29, 0.717) is 5.54 Å². The maximum atomic E-state index is 6.66. The van der Waals surface area contributed by atoms with E-state index in [4.69, 9.17) is 8.85 Å². The average molecular weight is 309 g/mol. The molecule has 0 spiro atoms. The van der Waals surface area contributed by atoms with E-state index in [1.807, 2.05) is 6.07 Å². The summed E-state index contributed by atoms with van der Waals surface area (Å²) in [5.74, 6) is 0. The minimum atomic E-state index is -2.55. The summed E-state index contributed by atoms with van der Waals surface area (Å²) in [6, 6.07) is 10.5. The zero-order chi connectivity index (χ0) is 16.3. The topological polar surface area (TPSA) is 18.5 Å². The van der Waals surface area contributed by atoms with Crippen LogP contribution in [0.15, 0.2) is 30.3 Å². The molecule has 0 saturated heterocycles. The van der Waals surface area contributed by atoms with Crippen molar-refractivity contribution in [2.75, 3.05) is 0 Å². The second kappa shape index (κ2) is 6.63. The predicted molar refractivity (Wildman–Crippen MR) is 93.2 cm³/mol. The van der Waals surface area contributed by atoms with E-state index >= 15 is 0 Å². The lowest BCUT2D eigenvalue weighted by Gasteiger charge is -2.44. The first kappa shape index (κ1) is 18.4. The number of hydrogen-bond acceptors (Lipinski definition) is 2. The zero-order valence-electron chi connectivity index (χ0n) is 15.0. The minimum absolute atomic E-state index is 0.225. The van der Waals surface area contributed by atoms with Gasteiger partial charge in [0.05, 0.1) is 11.2 Å². The van der Waals surface area contributed by atoms with Crippen LogP contribution in [0.4, 0.5) is 0 Å². The molecule has 0 aliphatic heterocycles. The fourth-order valence-corrected chi connectivity index (χ4v) is 6.74. The summed E-state index contributed by atoms with van der Waals surface area (Å²) in [4.78, 5) is 0. The molecule has 0 bridgehead atoms. The molecule has 0 aliphatic carbocycles. The van der Waals surface area contributed by atoms with Gasteiger partial charge in [-0.2, -0.15) is 0 Å². The Bertz CT molecular complexity index is 413. The highest BCUT2D eigenvalue weighted by Crippen LogP contribution is 2.34. The second-order valence-corrected chi connectivity index (χ2v) is 11.1. The molecule has 0 aromatic heterocycles. The largest absolute Gasteiger partial charge is 0.386 e. The molecule has 2 nitrogen and oxygen atoms in total. The standard InChI is InChI=1S/C18H32O2Si/c1-9-15(2)21(19-17(3,4)5,20-18(6,7)8)16-13-11-10-12-14-16/h10-15H,9H2,1-8H3. The van der Waals surface area contributed by atoms with Crippen molar-refractivity contribution in [3.63, 3.8) is 0 Å². The summed E-state index contributed by atoms with van der Waals surface area (Å²) in [6.07, 6.45) is 1.05. The normalized spacial score (nSPS) is 15.0. The fourth-order valence-electron chi connectivity index (χ4n) is 2.47. The molecular formula is C18H32O2Si. The first-order valence-corrected chi connectivity index (χ1v) is 9.85. The van der Waals surface area contributed by atoms with Crippen LogP contribution in [0, 0.1) is 0 Å². The number of benzene rings is 1. The van der Waals surface area contributed by atoms with Gasteiger partial charge in [-0.3, -0.25) is 0 Å². The van der Waals surface area contributed by atoms with Gasteiger partial charge in [-0.1, -0.05) is 50.6 Å². The third kappa shape index (κ3) is 5.24. The third-order valence-corrected chi connectivity index (χ3v) is 8.03. The van der Waals surface area contributed by atoms with Gasteiger partial charge in [0.2, 0.25) is 0 Å². The molecule has 1 aromatic carbocycles. The highest BCUT2D eigenvalue weighted by molar-refractivity contribution is 6.82. The van der Waals surface area contributed by atoms with Gasteiger partial charge >= 0.3 is 8.56 Å². The van der Waals surface area contributed by atoms with Crippen LogP contribution in [0.5, 0.6) is 0 Å². The maximum Gasteiger partial charge on any atom is 0.376 e. The van der Waals surface area contributed by atoms with Gasteiger partial charge in [0.15, 0.2) is 0 Å². The molecule has 0 radical (unpaired) electrons. The molecule has 120 valence electrons. The molecule has 1 atom stereocenters. The summed E-state index contributed by atoms with van der Waals surface area (Å²) in [6.45, 7) is 17.2. The van der Waals surface area contributed by atoms with E-state index in [0.717, 1.165) is 6.42 Å². The van der Waals surface area contributed by atoms with Gasteiger partial charge < -0.3 is 8.85 Å². The molecule has 1 aromatic rings. The van der Waals surface area contributed by atoms with Crippen LogP contribution in [0.1, 0.15) is 61.8 Å². The van der Waals surface area contributed by atoms with E-state index < -0.39 is 8.56 Å².